The second kappa shape index (κ2) is 10.4. The lowest BCUT2D eigenvalue weighted by molar-refractivity contribution is -0.137. The Morgan fingerprint density at radius 1 is 0.868 bits per heavy atom. The standard InChI is InChI=1S/C26H17ClF3N3O5/c1-38-25(37)14-8-10-19(11-9-14)33-23(35)20(27)21(24(33)36)31-17-6-2-4-15(12-17)22(34)32-18-7-3-5-16(13-18)26(28,29)30/h2-13,31H,1H3,(H,32,34). The Morgan fingerprint density at radius 3 is 2.18 bits per heavy atom. The summed E-state index contributed by atoms with van der Waals surface area (Å²) in [4.78, 5) is 50.8. The van der Waals surface area contributed by atoms with Crippen molar-refractivity contribution < 1.29 is 37.1 Å². The number of nitrogens with one attached hydrogen (secondary N) is 2. The molecule has 0 saturated carbocycles. The van der Waals surface area contributed by atoms with Crippen LogP contribution in [-0.2, 0) is 20.5 Å². The van der Waals surface area contributed by atoms with Crippen molar-refractivity contribution in [2.45, 2.75) is 6.18 Å². The van der Waals surface area contributed by atoms with E-state index in [1.165, 1.54) is 67.8 Å². The summed E-state index contributed by atoms with van der Waals surface area (Å²) < 4.78 is 43.5. The number of amides is 3. The number of methoxy groups -OCH3 is 1. The number of hydrogen-bond acceptors (Lipinski definition) is 6. The average Bonchev–Trinajstić information content (AvgIpc) is 3.11. The van der Waals surface area contributed by atoms with Gasteiger partial charge in [-0.25, -0.2) is 9.69 Å². The lowest BCUT2D eigenvalue weighted by atomic mass is 10.1. The van der Waals surface area contributed by atoms with Crippen LogP contribution >= 0.6 is 11.6 Å². The summed E-state index contributed by atoms with van der Waals surface area (Å²) in [5.74, 6) is -2.87. The minimum atomic E-state index is -4.57. The summed E-state index contributed by atoms with van der Waals surface area (Å²) in [5, 5.41) is 4.73. The summed E-state index contributed by atoms with van der Waals surface area (Å²) in [6.07, 6.45) is -4.57. The predicted molar refractivity (Wildman–Crippen MR) is 133 cm³/mol. The molecule has 0 atom stereocenters. The summed E-state index contributed by atoms with van der Waals surface area (Å²) >= 11 is 6.14. The van der Waals surface area contributed by atoms with Crippen molar-refractivity contribution in [3.05, 3.63) is 100 Å². The van der Waals surface area contributed by atoms with E-state index < -0.39 is 40.5 Å². The molecule has 1 aliphatic rings. The fraction of sp³-hybridized carbons (Fsp3) is 0.0769. The number of alkyl halides is 3. The lowest BCUT2D eigenvalue weighted by Crippen LogP contribution is -2.32. The van der Waals surface area contributed by atoms with Crippen molar-refractivity contribution in [3.63, 3.8) is 0 Å². The average molecular weight is 544 g/mol. The number of anilines is 3. The van der Waals surface area contributed by atoms with Gasteiger partial charge in [0.15, 0.2) is 0 Å². The Labute approximate surface area is 218 Å². The number of benzene rings is 3. The highest BCUT2D eigenvalue weighted by Crippen LogP contribution is 2.32. The molecule has 2 N–H and O–H groups in total. The van der Waals surface area contributed by atoms with Gasteiger partial charge >= 0.3 is 12.1 Å². The summed E-state index contributed by atoms with van der Waals surface area (Å²) in [6.45, 7) is 0. The Bertz CT molecular complexity index is 1490. The van der Waals surface area contributed by atoms with Crippen LogP contribution in [0.1, 0.15) is 26.3 Å². The SMILES string of the molecule is COC(=O)c1ccc(N2C(=O)C(Cl)=C(Nc3cccc(C(=O)Nc4cccc(C(F)(F)F)c4)c3)C2=O)cc1. The van der Waals surface area contributed by atoms with Crippen LogP contribution in [0.3, 0.4) is 0 Å². The quantitative estimate of drug-likeness (QED) is 0.328. The Hall–Kier alpha value is -4.64. The number of hydrogen-bond donors (Lipinski definition) is 2. The van der Waals surface area contributed by atoms with Gasteiger partial charge in [-0.1, -0.05) is 23.7 Å². The van der Waals surface area contributed by atoms with Gasteiger partial charge in [0, 0.05) is 16.9 Å². The number of rotatable bonds is 6. The van der Waals surface area contributed by atoms with E-state index in [0.29, 0.717) is 0 Å². The smallest absolute Gasteiger partial charge is 0.416 e. The third kappa shape index (κ3) is 5.37. The fourth-order valence-electron chi connectivity index (χ4n) is 3.57. The number of ether oxygens (including phenoxy) is 1. The van der Waals surface area contributed by atoms with E-state index in [0.717, 1.165) is 17.0 Å². The molecule has 0 radical (unpaired) electrons. The molecule has 0 bridgehead atoms. The van der Waals surface area contributed by atoms with Gasteiger partial charge in [0.05, 0.1) is 23.9 Å². The van der Waals surface area contributed by atoms with Crippen molar-refractivity contribution >= 4 is 52.4 Å². The van der Waals surface area contributed by atoms with E-state index >= 15 is 0 Å². The van der Waals surface area contributed by atoms with Crippen molar-refractivity contribution in [1.82, 2.24) is 0 Å². The second-order valence-electron chi connectivity index (χ2n) is 7.91. The van der Waals surface area contributed by atoms with E-state index in [1.807, 2.05) is 0 Å². The van der Waals surface area contributed by atoms with Gasteiger partial charge < -0.3 is 15.4 Å². The number of imide groups is 1. The molecule has 38 heavy (non-hydrogen) atoms. The van der Waals surface area contributed by atoms with E-state index in [1.54, 1.807) is 0 Å². The molecule has 1 aliphatic heterocycles. The van der Waals surface area contributed by atoms with Crippen LogP contribution in [0, 0.1) is 0 Å². The normalized spacial score (nSPS) is 13.6. The first-order valence-corrected chi connectivity index (χ1v) is 11.2. The maximum absolute atomic E-state index is 13.0. The van der Waals surface area contributed by atoms with Crippen molar-refractivity contribution in [1.29, 1.82) is 0 Å². The highest BCUT2D eigenvalue weighted by atomic mass is 35.5. The first-order chi connectivity index (χ1) is 18.0. The topological polar surface area (TPSA) is 105 Å². The highest BCUT2D eigenvalue weighted by molar-refractivity contribution is 6.53. The highest BCUT2D eigenvalue weighted by Gasteiger charge is 2.39. The molecular formula is C26H17ClF3N3O5. The minimum Gasteiger partial charge on any atom is -0.465 e. The zero-order chi connectivity index (χ0) is 27.6. The molecule has 0 aliphatic carbocycles. The molecule has 0 saturated heterocycles. The predicted octanol–water partition coefficient (Wildman–Crippen LogP) is 5.18. The number of carbonyl (C=O) groups excluding carboxylic acids is 4. The van der Waals surface area contributed by atoms with E-state index in [4.69, 9.17) is 11.6 Å². The molecule has 8 nitrogen and oxygen atoms in total. The van der Waals surface area contributed by atoms with Crippen LogP contribution in [0.5, 0.6) is 0 Å². The van der Waals surface area contributed by atoms with Gasteiger partial charge in [0.1, 0.15) is 10.7 Å². The van der Waals surface area contributed by atoms with E-state index in [-0.39, 0.29) is 33.9 Å². The first-order valence-electron chi connectivity index (χ1n) is 10.8. The summed E-state index contributed by atoms with van der Waals surface area (Å²) in [5.41, 5.74) is -0.551. The third-order valence-electron chi connectivity index (χ3n) is 5.42. The van der Waals surface area contributed by atoms with Crippen molar-refractivity contribution in [2.24, 2.45) is 0 Å². The molecule has 0 aromatic heterocycles. The van der Waals surface area contributed by atoms with Gasteiger partial charge in [-0.2, -0.15) is 13.2 Å². The molecule has 0 unspecified atom stereocenters. The molecule has 194 valence electrons. The molecule has 1 heterocycles. The number of carbonyl (C=O) groups is 4. The number of halogens is 4. The monoisotopic (exact) mass is 543 g/mol. The van der Waals surface area contributed by atoms with E-state index in [9.17, 15) is 32.3 Å². The molecule has 3 aromatic rings. The fourth-order valence-corrected chi connectivity index (χ4v) is 3.78. The third-order valence-corrected chi connectivity index (χ3v) is 5.77. The molecule has 12 heteroatoms. The van der Waals surface area contributed by atoms with Gasteiger partial charge in [0.2, 0.25) is 0 Å². The van der Waals surface area contributed by atoms with Crippen LogP contribution in [0.15, 0.2) is 83.5 Å². The van der Waals surface area contributed by atoms with Gasteiger partial charge in [-0.05, 0) is 60.7 Å². The Morgan fingerprint density at radius 2 is 1.53 bits per heavy atom. The Balaban J connectivity index is 1.51. The molecule has 3 aromatic carbocycles. The molecule has 0 spiro atoms. The summed E-state index contributed by atoms with van der Waals surface area (Å²) in [6, 6.07) is 15.4. The zero-order valence-electron chi connectivity index (χ0n) is 19.4. The van der Waals surface area contributed by atoms with Crippen molar-refractivity contribution in [2.75, 3.05) is 22.6 Å². The first kappa shape index (κ1) is 26.4. The zero-order valence-corrected chi connectivity index (χ0v) is 20.2. The molecular weight excluding hydrogens is 527 g/mol. The Kier molecular flexibility index (Phi) is 7.22. The van der Waals surface area contributed by atoms with Crippen LogP contribution in [0.25, 0.3) is 0 Å². The molecule has 0 fully saturated rings. The second-order valence-corrected chi connectivity index (χ2v) is 8.29. The summed E-state index contributed by atoms with van der Waals surface area (Å²) in [7, 11) is 1.22. The molecule has 4 rings (SSSR count). The van der Waals surface area contributed by atoms with Gasteiger partial charge in [0.25, 0.3) is 17.7 Å². The van der Waals surface area contributed by atoms with Crippen molar-refractivity contribution in [3.8, 4) is 0 Å². The maximum Gasteiger partial charge on any atom is 0.416 e. The minimum absolute atomic E-state index is 0.0561. The lowest BCUT2D eigenvalue weighted by Gasteiger charge is -2.15. The number of esters is 1. The maximum atomic E-state index is 13.0. The van der Waals surface area contributed by atoms with Gasteiger partial charge in [-0.15, -0.1) is 0 Å². The van der Waals surface area contributed by atoms with Crippen LogP contribution < -0.4 is 15.5 Å². The van der Waals surface area contributed by atoms with Gasteiger partial charge in [-0.3, -0.25) is 14.4 Å². The van der Waals surface area contributed by atoms with E-state index in [2.05, 4.69) is 15.4 Å². The van der Waals surface area contributed by atoms with Crippen LogP contribution in [0.4, 0.5) is 30.2 Å². The largest absolute Gasteiger partial charge is 0.465 e. The molecule has 3 amide bonds. The van der Waals surface area contributed by atoms with Crippen LogP contribution in [-0.4, -0.2) is 30.8 Å². The number of nitrogens with zero attached hydrogens (tertiary/aromatic N) is 1. The van der Waals surface area contributed by atoms with Crippen LogP contribution in [0.2, 0.25) is 0 Å².